The Morgan fingerprint density at radius 2 is 1.58 bits per heavy atom. The van der Waals surface area contributed by atoms with Crippen molar-refractivity contribution in [3.8, 4) is 6.07 Å². The van der Waals surface area contributed by atoms with Gasteiger partial charge in [0, 0.05) is 4.47 Å². The SMILES string of the molecule is N#CC(N=Nc1ccc(C(F)(F)F)cc1)N=Nc1cccc(Br)c1. The lowest BCUT2D eigenvalue weighted by atomic mass is 10.2. The fourth-order valence-electron chi connectivity index (χ4n) is 1.57. The van der Waals surface area contributed by atoms with Gasteiger partial charge in [-0.25, -0.2) is 0 Å². The van der Waals surface area contributed by atoms with Crippen molar-refractivity contribution in [3.05, 3.63) is 58.6 Å². The average Bonchev–Trinajstić information content (AvgIpc) is 2.55. The highest BCUT2D eigenvalue weighted by Crippen LogP contribution is 2.30. The van der Waals surface area contributed by atoms with Crippen molar-refractivity contribution >= 4 is 27.3 Å². The largest absolute Gasteiger partial charge is 0.416 e. The minimum atomic E-state index is -4.41. The van der Waals surface area contributed by atoms with Gasteiger partial charge in [0.15, 0.2) is 0 Å². The summed E-state index contributed by atoms with van der Waals surface area (Å²) in [6, 6.07) is 12.8. The molecule has 0 aromatic heterocycles. The fraction of sp³-hybridized carbons (Fsp3) is 0.133. The first-order chi connectivity index (χ1) is 11.4. The first-order valence-electron chi connectivity index (χ1n) is 6.52. The lowest BCUT2D eigenvalue weighted by Gasteiger charge is -2.05. The van der Waals surface area contributed by atoms with E-state index in [0.29, 0.717) is 5.69 Å². The van der Waals surface area contributed by atoms with Crippen LogP contribution in [0.5, 0.6) is 0 Å². The van der Waals surface area contributed by atoms with Crippen LogP contribution in [0.4, 0.5) is 24.5 Å². The molecule has 2 aromatic rings. The van der Waals surface area contributed by atoms with Crippen LogP contribution in [0.1, 0.15) is 5.56 Å². The number of nitriles is 1. The van der Waals surface area contributed by atoms with Crippen LogP contribution < -0.4 is 0 Å². The van der Waals surface area contributed by atoms with Crippen LogP contribution in [0.2, 0.25) is 0 Å². The standard InChI is InChI=1S/C15H9BrF3N5/c16-11-2-1-3-13(8-11)22-24-14(9-20)23-21-12-6-4-10(5-7-12)15(17,18)19/h1-8,14H. The Kier molecular flexibility index (Phi) is 5.76. The van der Waals surface area contributed by atoms with Crippen LogP contribution in [-0.2, 0) is 6.18 Å². The normalized spacial score (nSPS) is 13.3. The van der Waals surface area contributed by atoms with Gasteiger partial charge in [0.2, 0.25) is 0 Å². The Bertz CT molecular complexity index is 794. The Morgan fingerprint density at radius 3 is 2.12 bits per heavy atom. The van der Waals surface area contributed by atoms with E-state index in [-0.39, 0.29) is 5.69 Å². The second kappa shape index (κ2) is 7.79. The maximum absolute atomic E-state index is 12.5. The van der Waals surface area contributed by atoms with E-state index in [1.807, 2.05) is 6.07 Å². The van der Waals surface area contributed by atoms with Gasteiger partial charge in [0.05, 0.1) is 16.9 Å². The third-order valence-electron chi connectivity index (χ3n) is 2.68. The van der Waals surface area contributed by atoms with Gasteiger partial charge in [0.1, 0.15) is 6.07 Å². The summed E-state index contributed by atoms with van der Waals surface area (Å²) in [7, 11) is 0. The number of hydrogen-bond acceptors (Lipinski definition) is 5. The molecule has 0 aliphatic heterocycles. The van der Waals surface area contributed by atoms with Crippen molar-refractivity contribution in [2.75, 3.05) is 0 Å². The number of halogens is 4. The van der Waals surface area contributed by atoms with Gasteiger partial charge in [-0.1, -0.05) is 22.0 Å². The first-order valence-corrected chi connectivity index (χ1v) is 7.32. The van der Waals surface area contributed by atoms with Crippen LogP contribution in [0.15, 0.2) is 73.5 Å². The topological polar surface area (TPSA) is 73.2 Å². The summed E-state index contributed by atoms with van der Waals surface area (Å²) in [6.07, 6.45) is -5.60. The molecule has 0 heterocycles. The fourth-order valence-corrected chi connectivity index (χ4v) is 1.96. The van der Waals surface area contributed by atoms with Gasteiger partial charge in [-0.3, -0.25) is 0 Å². The maximum atomic E-state index is 12.5. The maximum Gasteiger partial charge on any atom is 0.416 e. The molecule has 0 N–H and O–H groups in total. The van der Waals surface area contributed by atoms with Crippen LogP contribution in [0.25, 0.3) is 0 Å². The van der Waals surface area contributed by atoms with Crippen LogP contribution in [0, 0.1) is 11.3 Å². The minimum absolute atomic E-state index is 0.181. The van der Waals surface area contributed by atoms with E-state index in [1.54, 1.807) is 24.3 Å². The predicted molar refractivity (Wildman–Crippen MR) is 84.0 cm³/mol. The van der Waals surface area contributed by atoms with Crippen molar-refractivity contribution in [1.29, 1.82) is 5.26 Å². The minimum Gasteiger partial charge on any atom is -0.194 e. The van der Waals surface area contributed by atoms with Crippen LogP contribution in [-0.4, -0.2) is 6.17 Å². The molecule has 0 aliphatic rings. The zero-order chi connectivity index (χ0) is 17.6. The van der Waals surface area contributed by atoms with Gasteiger partial charge in [0.25, 0.3) is 6.17 Å². The summed E-state index contributed by atoms with van der Waals surface area (Å²) in [5, 5.41) is 23.9. The molecule has 5 nitrogen and oxygen atoms in total. The van der Waals surface area contributed by atoms with E-state index < -0.39 is 17.9 Å². The molecule has 0 bridgehead atoms. The van der Waals surface area contributed by atoms with Crippen molar-refractivity contribution in [2.45, 2.75) is 12.3 Å². The molecule has 0 saturated heterocycles. The molecule has 0 aliphatic carbocycles. The van der Waals surface area contributed by atoms with Crippen molar-refractivity contribution < 1.29 is 13.2 Å². The van der Waals surface area contributed by atoms with E-state index in [1.165, 1.54) is 0 Å². The number of hydrogen-bond donors (Lipinski definition) is 0. The third-order valence-corrected chi connectivity index (χ3v) is 3.18. The monoisotopic (exact) mass is 395 g/mol. The van der Waals surface area contributed by atoms with Crippen molar-refractivity contribution in [3.63, 3.8) is 0 Å². The van der Waals surface area contributed by atoms with Crippen LogP contribution >= 0.6 is 15.9 Å². The second-order valence-electron chi connectivity index (χ2n) is 4.46. The molecule has 122 valence electrons. The molecular formula is C15H9BrF3N5. The molecule has 24 heavy (non-hydrogen) atoms. The smallest absolute Gasteiger partial charge is 0.194 e. The summed E-state index contributed by atoms with van der Waals surface area (Å²) in [5.41, 5.74) is -0.0807. The van der Waals surface area contributed by atoms with E-state index >= 15 is 0 Å². The molecule has 0 spiro atoms. The highest BCUT2D eigenvalue weighted by Gasteiger charge is 2.29. The first kappa shape index (κ1) is 17.7. The lowest BCUT2D eigenvalue weighted by molar-refractivity contribution is -0.137. The van der Waals surface area contributed by atoms with Gasteiger partial charge in [-0.2, -0.15) is 28.7 Å². The Balaban J connectivity index is 2.07. The number of rotatable bonds is 4. The molecule has 0 saturated carbocycles. The van der Waals surface area contributed by atoms with Crippen LogP contribution in [0.3, 0.4) is 0 Å². The van der Waals surface area contributed by atoms with Crippen molar-refractivity contribution in [1.82, 2.24) is 0 Å². The van der Waals surface area contributed by atoms with Crippen molar-refractivity contribution in [2.24, 2.45) is 20.5 Å². The molecule has 0 fully saturated rings. The van der Waals surface area contributed by atoms with E-state index in [0.717, 1.165) is 28.7 Å². The Morgan fingerprint density at radius 1 is 0.958 bits per heavy atom. The third kappa shape index (κ3) is 5.24. The van der Waals surface area contributed by atoms with Gasteiger partial charge in [-0.15, -0.1) is 10.2 Å². The molecular weight excluding hydrogens is 387 g/mol. The summed E-state index contributed by atoms with van der Waals surface area (Å²) in [5.74, 6) is 0. The summed E-state index contributed by atoms with van der Waals surface area (Å²) in [4.78, 5) is 0. The second-order valence-corrected chi connectivity index (χ2v) is 5.37. The summed E-state index contributed by atoms with van der Waals surface area (Å²) in [6.45, 7) is 0. The van der Waals surface area contributed by atoms with Gasteiger partial charge >= 0.3 is 6.18 Å². The molecule has 1 unspecified atom stereocenters. The number of alkyl halides is 3. The quantitative estimate of drug-likeness (QED) is 0.569. The zero-order valence-corrected chi connectivity index (χ0v) is 13.5. The molecule has 0 amide bonds. The lowest BCUT2D eigenvalue weighted by Crippen LogP contribution is -2.03. The zero-order valence-electron chi connectivity index (χ0n) is 11.9. The highest BCUT2D eigenvalue weighted by molar-refractivity contribution is 9.10. The molecule has 1 atom stereocenters. The van der Waals surface area contributed by atoms with Gasteiger partial charge < -0.3 is 0 Å². The summed E-state index contributed by atoms with van der Waals surface area (Å²) < 4.78 is 38.2. The molecule has 0 radical (unpaired) electrons. The predicted octanol–water partition coefficient (Wildman–Crippen LogP) is 6.19. The van der Waals surface area contributed by atoms with E-state index in [9.17, 15) is 13.2 Å². The number of benzene rings is 2. The molecule has 9 heteroatoms. The van der Waals surface area contributed by atoms with E-state index in [2.05, 4.69) is 36.4 Å². The highest BCUT2D eigenvalue weighted by atomic mass is 79.9. The summed E-state index contributed by atoms with van der Waals surface area (Å²) >= 11 is 3.28. The molecule has 2 aromatic carbocycles. The number of azo groups is 2. The number of nitrogens with zero attached hydrogens (tertiary/aromatic N) is 5. The Labute approximate surface area is 143 Å². The van der Waals surface area contributed by atoms with E-state index in [4.69, 9.17) is 5.26 Å². The van der Waals surface area contributed by atoms with Gasteiger partial charge in [-0.05, 0) is 42.5 Å². The molecule has 2 rings (SSSR count). The average molecular weight is 396 g/mol. The Hall–Kier alpha value is -2.60.